The Morgan fingerprint density at radius 2 is 1.90 bits per heavy atom. The molecule has 0 saturated carbocycles. The van der Waals surface area contributed by atoms with Crippen molar-refractivity contribution in [2.24, 2.45) is 0 Å². The highest BCUT2D eigenvalue weighted by Gasteiger charge is 2.16. The largest absolute Gasteiger partial charge is 0.369 e. The molecule has 0 amide bonds. The van der Waals surface area contributed by atoms with E-state index in [4.69, 9.17) is 17.3 Å². The van der Waals surface area contributed by atoms with Gasteiger partial charge in [0, 0.05) is 25.2 Å². The van der Waals surface area contributed by atoms with Gasteiger partial charge < -0.3 is 10.3 Å². The number of imidazole rings is 1. The van der Waals surface area contributed by atoms with Crippen molar-refractivity contribution >= 4 is 28.6 Å². The minimum atomic E-state index is 0.501. The molecule has 2 aromatic rings. The molecule has 0 unspecified atom stereocenters. The van der Waals surface area contributed by atoms with Crippen LogP contribution >= 0.6 is 11.6 Å². The van der Waals surface area contributed by atoms with Gasteiger partial charge in [0.05, 0.1) is 16.1 Å². The number of rotatable bonds is 5. The molecule has 2 rings (SSSR count). The third kappa shape index (κ3) is 2.91. The normalized spacial score (nSPS) is 12.2. The van der Waals surface area contributed by atoms with Crippen LogP contribution in [-0.2, 0) is 6.54 Å². The molecule has 0 saturated heterocycles. The van der Waals surface area contributed by atoms with Crippen LogP contribution in [0, 0.1) is 0 Å². The highest BCUT2D eigenvalue weighted by molar-refractivity contribution is 6.35. The van der Waals surface area contributed by atoms with Gasteiger partial charge in [0.25, 0.3) is 0 Å². The van der Waals surface area contributed by atoms with Crippen molar-refractivity contribution in [3.8, 4) is 0 Å². The third-order valence-corrected chi connectivity index (χ3v) is 3.96. The molecule has 1 aromatic carbocycles. The lowest BCUT2D eigenvalue weighted by Gasteiger charge is -2.30. The molecule has 1 heterocycles. The second-order valence-corrected chi connectivity index (χ2v) is 6.06. The first-order valence-electron chi connectivity index (χ1n) is 7.07. The van der Waals surface area contributed by atoms with Gasteiger partial charge in [0.2, 0.25) is 5.95 Å². The van der Waals surface area contributed by atoms with E-state index >= 15 is 0 Å². The maximum absolute atomic E-state index is 6.29. The van der Waals surface area contributed by atoms with Gasteiger partial charge in [-0.15, -0.1) is 0 Å². The number of fused-ring (bicyclic) bond motifs is 1. The lowest BCUT2D eigenvalue weighted by atomic mass is 10.2. The van der Waals surface area contributed by atoms with Gasteiger partial charge in [-0.1, -0.05) is 17.7 Å². The molecule has 0 atom stereocenters. The Morgan fingerprint density at radius 3 is 2.50 bits per heavy atom. The molecule has 0 aliphatic carbocycles. The maximum atomic E-state index is 6.29. The summed E-state index contributed by atoms with van der Waals surface area (Å²) in [4.78, 5) is 6.81. The first kappa shape index (κ1) is 15.1. The molecule has 20 heavy (non-hydrogen) atoms. The van der Waals surface area contributed by atoms with E-state index in [1.165, 1.54) is 0 Å². The van der Waals surface area contributed by atoms with Crippen LogP contribution in [0.15, 0.2) is 18.2 Å². The summed E-state index contributed by atoms with van der Waals surface area (Å²) in [6, 6.07) is 6.72. The summed E-state index contributed by atoms with van der Waals surface area (Å²) in [5, 5.41) is 0.701. The van der Waals surface area contributed by atoms with E-state index in [1.54, 1.807) is 0 Å². The number of para-hydroxylation sites is 1. The number of nitrogens with zero attached hydrogens (tertiary/aromatic N) is 3. The number of aromatic nitrogens is 2. The van der Waals surface area contributed by atoms with Crippen LogP contribution in [0.3, 0.4) is 0 Å². The van der Waals surface area contributed by atoms with Crippen LogP contribution in [0.25, 0.3) is 11.0 Å². The first-order valence-corrected chi connectivity index (χ1v) is 7.45. The molecule has 2 N–H and O–H groups in total. The van der Waals surface area contributed by atoms with E-state index in [0.717, 1.165) is 24.1 Å². The zero-order chi connectivity index (χ0) is 14.9. The number of nitrogens with two attached hydrogens (primary N) is 1. The molecule has 0 spiro atoms. The minimum absolute atomic E-state index is 0.501. The van der Waals surface area contributed by atoms with E-state index in [0.29, 0.717) is 23.1 Å². The fourth-order valence-electron chi connectivity index (χ4n) is 2.71. The molecule has 0 aliphatic heterocycles. The molecule has 0 aliphatic rings. The van der Waals surface area contributed by atoms with E-state index in [2.05, 4.69) is 37.6 Å². The van der Waals surface area contributed by atoms with Crippen LogP contribution in [-0.4, -0.2) is 33.1 Å². The Labute approximate surface area is 125 Å². The highest BCUT2D eigenvalue weighted by atomic mass is 35.5. The number of halogens is 1. The number of anilines is 1. The van der Waals surface area contributed by atoms with Crippen molar-refractivity contribution in [1.82, 2.24) is 14.5 Å². The van der Waals surface area contributed by atoms with Gasteiger partial charge in [0.1, 0.15) is 0 Å². The van der Waals surface area contributed by atoms with E-state index in [9.17, 15) is 0 Å². The lowest BCUT2D eigenvalue weighted by molar-refractivity contribution is 0.169. The van der Waals surface area contributed by atoms with Crippen LogP contribution in [0.1, 0.15) is 27.7 Å². The van der Waals surface area contributed by atoms with Crippen molar-refractivity contribution in [2.75, 3.05) is 12.3 Å². The Bertz CT molecular complexity index is 581. The Balaban J connectivity index is 2.28. The molecular weight excluding hydrogens is 272 g/mol. The Hall–Kier alpha value is -1.26. The van der Waals surface area contributed by atoms with Gasteiger partial charge in [0.15, 0.2) is 0 Å². The van der Waals surface area contributed by atoms with Crippen molar-refractivity contribution < 1.29 is 0 Å². The summed E-state index contributed by atoms with van der Waals surface area (Å²) < 4.78 is 2.01. The summed E-state index contributed by atoms with van der Waals surface area (Å²) >= 11 is 6.29. The standard InChI is InChI=1S/C15H23ClN4/c1-10(2)19(11(3)4)8-9-20-14-12(16)6-5-7-13(14)18-15(20)17/h5-7,10-11H,8-9H2,1-4H3,(H2,17,18). The van der Waals surface area contributed by atoms with Gasteiger partial charge in [-0.25, -0.2) is 4.98 Å². The van der Waals surface area contributed by atoms with Gasteiger partial charge in [-0.3, -0.25) is 4.90 Å². The van der Waals surface area contributed by atoms with Gasteiger partial charge >= 0.3 is 0 Å². The highest BCUT2D eigenvalue weighted by Crippen LogP contribution is 2.25. The second kappa shape index (κ2) is 6.02. The zero-order valence-electron chi connectivity index (χ0n) is 12.6. The van der Waals surface area contributed by atoms with Gasteiger partial charge in [-0.05, 0) is 39.8 Å². The number of hydrogen-bond donors (Lipinski definition) is 1. The van der Waals surface area contributed by atoms with E-state index in [-0.39, 0.29) is 0 Å². The van der Waals surface area contributed by atoms with Crippen molar-refractivity contribution in [2.45, 2.75) is 46.3 Å². The summed E-state index contributed by atoms with van der Waals surface area (Å²) in [6.45, 7) is 10.6. The third-order valence-electron chi connectivity index (χ3n) is 3.66. The quantitative estimate of drug-likeness (QED) is 0.919. The Kier molecular flexibility index (Phi) is 4.55. The maximum Gasteiger partial charge on any atom is 0.201 e. The van der Waals surface area contributed by atoms with Crippen molar-refractivity contribution in [3.63, 3.8) is 0 Å². The Morgan fingerprint density at radius 1 is 1.25 bits per heavy atom. The molecule has 0 bridgehead atoms. The number of benzene rings is 1. The average Bonchev–Trinajstić information content (AvgIpc) is 2.66. The average molecular weight is 295 g/mol. The molecule has 110 valence electrons. The number of nitrogen functional groups attached to an aromatic ring is 1. The van der Waals surface area contributed by atoms with E-state index in [1.807, 2.05) is 22.8 Å². The van der Waals surface area contributed by atoms with Crippen LogP contribution in [0.2, 0.25) is 5.02 Å². The fraction of sp³-hybridized carbons (Fsp3) is 0.533. The zero-order valence-corrected chi connectivity index (χ0v) is 13.4. The summed E-state index contributed by atoms with van der Waals surface area (Å²) in [7, 11) is 0. The topological polar surface area (TPSA) is 47.1 Å². The molecule has 4 nitrogen and oxygen atoms in total. The first-order chi connectivity index (χ1) is 9.41. The fourth-order valence-corrected chi connectivity index (χ4v) is 2.99. The monoisotopic (exact) mass is 294 g/mol. The molecular formula is C15H23ClN4. The molecule has 5 heteroatoms. The summed E-state index contributed by atoms with van der Waals surface area (Å²) in [6.07, 6.45) is 0. The predicted molar refractivity (Wildman–Crippen MR) is 86.1 cm³/mol. The van der Waals surface area contributed by atoms with E-state index < -0.39 is 0 Å². The smallest absolute Gasteiger partial charge is 0.201 e. The number of hydrogen-bond acceptors (Lipinski definition) is 3. The second-order valence-electron chi connectivity index (χ2n) is 5.65. The van der Waals surface area contributed by atoms with Crippen LogP contribution < -0.4 is 5.73 Å². The van der Waals surface area contributed by atoms with Crippen LogP contribution in [0.5, 0.6) is 0 Å². The molecule has 0 fully saturated rings. The van der Waals surface area contributed by atoms with Crippen molar-refractivity contribution in [1.29, 1.82) is 0 Å². The molecule has 1 aromatic heterocycles. The van der Waals surface area contributed by atoms with Crippen molar-refractivity contribution in [3.05, 3.63) is 23.2 Å². The van der Waals surface area contributed by atoms with Gasteiger partial charge in [-0.2, -0.15) is 0 Å². The predicted octanol–water partition coefficient (Wildman–Crippen LogP) is 3.39. The lowest BCUT2D eigenvalue weighted by Crippen LogP contribution is -2.39. The SMILES string of the molecule is CC(C)N(CCn1c(N)nc2cccc(Cl)c21)C(C)C. The summed E-state index contributed by atoms with van der Waals surface area (Å²) in [5.41, 5.74) is 7.82. The molecule has 0 radical (unpaired) electrons. The summed E-state index contributed by atoms with van der Waals surface area (Å²) in [5.74, 6) is 0.528. The minimum Gasteiger partial charge on any atom is -0.369 e. The van der Waals surface area contributed by atoms with Crippen LogP contribution in [0.4, 0.5) is 5.95 Å².